The van der Waals surface area contributed by atoms with Crippen LogP contribution in [0, 0.1) is 0 Å². The summed E-state index contributed by atoms with van der Waals surface area (Å²) in [6, 6.07) is 18.5. The fourth-order valence-corrected chi connectivity index (χ4v) is 3.90. The van der Waals surface area contributed by atoms with Crippen molar-refractivity contribution in [2.75, 3.05) is 11.1 Å². The molecule has 0 bridgehead atoms. The van der Waals surface area contributed by atoms with E-state index in [1.54, 1.807) is 18.4 Å². The fourth-order valence-electron chi connectivity index (χ4n) is 2.77. The molecule has 0 saturated carbocycles. The third kappa shape index (κ3) is 5.13. The van der Waals surface area contributed by atoms with Crippen LogP contribution in [-0.2, 0) is 11.3 Å². The van der Waals surface area contributed by atoms with Gasteiger partial charge in [-0.15, -0.1) is 10.2 Å². The van der Waals surface area contributed by atoms with Crippen molar-refractivity contribution >= 4 is 50.9 Å². The summed E-state index contributed by atoms with van der Waals surface area (Å²) in [4.78, 5) is 12.4. The van der Waals surface area contributed by atoms with Crippen LogP contribution in [0.2, 0.25) is 5.02 Å². The van der Waals surface area contributed by atoms with Gasteiger partial charge in [0.2, 0.25) is 5.91 Å². The van der Waals surface area contributed by atoms with E-state index in [-0.39, 0.29) is 11.7 Å². The van der Waals surface area contributed by atoms with Gasteiger partial charge in [-0.1, -0.05) is 39.3 Å². The maximum atomic E-state index is 12.4. The number of carbonyl (C=O) groups excluding carboxylic acids is 1. The average Bonchev–Trinajstić information content (AvgIpc) is 3.39. The molecule has 0 fully saturated rings. The molecule has 0 unspecified atom stereocenters. The third-order valence-electron chi connectivity index (χ3n) is 4.17. The monoisotopic (exact) mass is 502 g/mol. The molecule has 9 heteroatoms. The zero-order valence-electron chi connectivity index (χ0n) is 15.6. The molecule has 2 aromatic carbocycles. The van der Waals surface area contributed by atoms with Crippen molar-refractivity contribution < 1.29 is 9.21 Å². The lowest BCUT2D eigenvalue weighted by Crippen LogP contribution is -2.14. The molecule has 30 heavy (non-hydrogen) atoms. The number of aromatic nitrogens is 3. The summed E-state index contributed by atoms with van der Waals surface area (Å²) in [7, 11) is 0. The average molecular weight is 504 g/mol. The number of rotatable bonds is 7. The number of amides is 1. The van der Waals surface area contributed by atoms with E-state index in [9.17, 15) is 4.79 Å². The molecule has 0 atom stereocenters. The van der Waals surface area contributed by atoms with Gasteiger partial charge in [-0.2, -0.15) is 0 Å². The highest BCUT2D eigenvalue weighted by Gasteiger charge is 2.17. The molecule has 6 nitrogen and oxygen atoms in total. The minimum atomic E-state index is -0.122. The Bertz CT molecular complexity index is 1130. The summed E-state index contributed by atoms with van der Waals surface area (Å²) < 4.78 is 8.38. The van der Waals surface area contributed by atoms with E-state index in [1.807, 2.05) is 53.1 Å². The number of nitrogens with zero attached hydrogens (tertiary/aromatic N) is 3. The van der Waals surface area contributed by atoms with Gasteiger partial charge in [0, 0.05) is 20.7 Å². The molecule has 0 aliphatic rings. The van der Waals surface area contributed by atoms with E-state index >= 15 is 0 Å². The third-order valence-corrected chi connectivity index (χ3v) is 5.92. The van der Waals surface area contributed by atoms with E-state index in [1.165, 1.54) is 11.8 Å². The second-order valence-corrected chi connectivity index (χ2v) is 8.62. The Hall–Kier alpha value is -2.55. The predicted octanol–water partition coefficient (Wildman–Crippen LogP) is 5.73. The zero-order chi connectivity index (χ0) is 20.9. The molecule has 0 radical (unpaired) electrons. The van der Waals surface area contributed by atoms with Gasteiger partial charge in [0.15, 0.2) is 11.0 Å². The predicted molar refractivity (Wildman–Crippen MR) is 122 cm³/mol. The van der Waals surface area contributed by atoms with E-state index in [0.717, 1.165) is 21.5 Å². The Balaban J connectivity index is 1.52. The first-order valence-corrected chi connectivity index (χ1v) is 11.1. The van der Waals surface area contributed by atoms with Crippen LogP contribution in [0.1, 0.15) is 5.76 Å². The van der Waals surface area contributed by atoms with Crippen LogP contribution in [0.25, 0.3) is 11.4 Å². The van der Waals surface area contributed by atoms with Crippen molar-refractivity contribution in [3.8, 4) is 11.4 Å². The quantitative estimate of drug-likeness (QED) is 0.326. The smallest absolute Gasteiger partial charge is 0.234 e. The molecule has 2 aromatic heterocycles. The highest BCUT2D eigenvalue weighted by atomic mass is 79.9. The number of halogens is 2. The van der Waals surface area contributed by atoms with Gasteiger partial charge in [0.05, 0.1) is 18.6 Å². The summed E-state index contributed by atoms with van der Waals surface area (Å²) in [6.07, 6.45) is 1.63. The number of furan rings is 1. The van der Waals surface area contributed by atoms with Gasteiger partial charge in [0.1, 0.15) is 5.76 Å². The topological polar surface area (TPSA) is 73.0 Å². The van der Waals surface area contributed by atoms with Crippen molar-refractivity contribution in [1.82, 2.24) is 14.8 Å². The number of carbonyl (C=O) groups is 1. The van der Waals surface area contributed by atoms with Gasteiger partial charge < -0.3 is 9.73 Å². The Morgan fingerprint density at radius 1 is 1.10 bits per heavy atom. The molecular weight excluding hydrogens is 488 g/mol. The lowest BCUT2D eigenvalue weighted by atomic mass is 10.2. The molecule has 0 spiro atoms. The van der Waals surface area contributed by atoms with Crippen LogP contribution in [0.3, 0.4) is 0 Å². The first-order chi connectivity index (χ1) is 14.6. The lowest BCUT2D eigenvalue weighted by molar-refractivity contribution is -0.113. The van der Waals surface area contributed by atoms with Crippen LogP contribution in [0.4, 0.5) is 5.69 Å². The number of nitrogens with one attached hydrogen (secondary N) is 1. The number of benzene rings is 2. The highest BCUT2D eigenvalue weighted by molar-refractivity contribution is 9.10. The van der Waals surface area contributed by atoms with E-state index in [2.05, 4.69) is 31.4 Å². The van der Waals surface area contributed by atoms with Crippen molar-refractivity contribution in [1.29, 1.82) is 0 Å². The van der Waals surface area contributed by atoms with Crippen molar-refractivity contribution in [3.63, 3.8) is 0 Å². The van der Waals surface area contributed by atoms with Crippen LogP contribution >= 0.6 is 39.3 Å². The van der Waals surface area contributed by atoms with E-state index < -0.39 is 0 Å². The highest BCUT2D eigenvalue weighted by Crippen LogP contribution is 2.26. The lowest BCUT2D eigenvalue weighted by Gasteiger charge is -2.09. The van der Waals surface area contributed by atoms with Crippen molar-refractivity contribution in [3.05, 3.63) is 82.2 Å². The SMILES string of the molecule is O=C(CSc1nnc(-c2ccc(Cl)cc2)n1Cc1ccco1)Nc1ccc(Br)cc1. The summed E-state index contributed by atoms with van der Waals surface area (Å²) in [5, 5.41) is 12.8. The van der Waals surface area contributed by atoms with Crippen LogP contribution in [-0.4, -0.2) is 26.4 Å². The number of thioether (sulfide) groups is 1. The first-order valence-electron chi connectivity index (χ1n) is 8.98. The zero-order valence-corrected chi connectivity index (χ0v) is 18.7. The molecule has 0 aliphatic heterocycles. The van der Waals surface area contributed by atoms with Crippen molar-refractivity contribution in [2.45, 2.75) is 11.7 Å². The number of anilines is 1. The normalized spacial score (nSPS) is 10.9. The molecule has 4 aromatic rings. The van der Waals surface area contributed by atoms with E-state index in [4.69, 9.17) is 16.0 Å². The van der Waals surface area contributed by atoms with Crippen molar-refractivity contribution in [2.24, 2.45) is 0 Å². The second kappa shape index (κ2) is 9.51. The second-order valence-electron chi connectivity index (χ2n) is 6.32. The van der Waals surface area contributed by atoms with Gasteiger partial charge >= 0.3 is 0 Å². The standard InChI is InChI=1S/C21H16BrClN4O2S/c22-15-5-9-17(10-6-15)24-19(28)13-30-21-26-25-20(14-3-7-16(23)8-4-14)27(21)12-18-2-1-11-29-18/h1-11H,12-13H2,(H,24,28). The molecule has 152 valence electrons. The van der Waals surface area contributed by atoms with Gasteiger partial charge in [-0.25, -0.2) is 0 Å². The molecule has 0 aliphatic carbocycles. The molecule has 2 heterocycles. The van der Waals surface area contributed by atoms with Gasteiger partial charge in [-0.3, -0.25) is 9.36 Å². The molecule has 1 amide bonds. The Morgan fingerprint density at radius 3 is 2.57 bits per heavy atom. The summed E-state index contributed by atoms with van der Waals surface area (Å²) in [6.45, 7) is 0.453. The molecular formula is C21H16BrClN4O2S. The van der Waals surface area contributed by atoms with Gasteiger partial charge in [0.25, 0.3) is 0 Å². The maximum absolute atomic E-state index is 12.4. The summed E-state index contributed by atoms with van der Waals surface area (Å²) in [5.74, 6) is 1.53. The van der Waals surface area contributed by atoms with Crippen LogP contribution in [0.15, 0.2) is 81.0 Å². The van der Waals surface area contributed by atoms with Crippen LogP contribution < -0.4 is 5.32 Å². The Labute approximate surface area is 190 Å². The minimum Gasteiger partial charge on any atom is -0.467 e. The molecule has 0 saturated heterocycles. The number of hydrogen-bond acceptors (Lipinski definition) is 5. The summed E-state index contributed by atoms with van der Waals surface area (Å²) >= 11 is 10.7. The Morgan fingerprint density at radius 2 is 1.87 bits per heavy atom. The maximum Gasteiger partial charge on any atom is 0.234 e. The molecule has 1 N–H and O–H groups in total. The van der Waals surface area contributed by atoms with Crippen LogP contribution in [0.5, 0.6) is 0 Å². The summed E-state index contributed by atoms with van der Waals surface area (Å²) in [5.41, 5.74) is 1.62. The largest absolute Gasteiger partial charge is 0.467 e. The minimum absolute atomic E-state index is 0.122. The fraction of sp³-hybridized carbons (Fsp3) is 0.0952. The van der Waals surface area contributed by atoms with Gasteiger partial charge in [-0.05, 0) is 60.7 Å². The molecule has 4 rings (SSSR count). The Kier molecular flexibility index (Phi) is 6.56. The first kappa shape index (κ1) is 20.7. The number of hydrogen-bond donors (Lipinski definition) is 1. The van der Waals surface area contributed by atoms with E-state index in [0.29, 0.717) is 22.5 Å².